The molecule has 0 saturated carbocycles. The van der Waals surface area contributed by atoms with Crippen molar-refractivity contribution in [2.75, 3.05) is 12.8 Å². The predicted octanol–water partition coefficient (Wildman–Crippen LogP) is 3.38. The average Bonchev–Trinajstić information content (AvgIpc) is 2.69. The molecule has 0 bridgehead atoms. The molecular weight excluding hydrogens is 236 g/mol. The average molecular weight is 256 g/mol. The molecule has 1 aliphatic rings. The van der Waals surface area contributed by atoms with Crippen LogP contribution in [0.15, 0.2) is 0 Å². The molecule has 0 aliphatic heterocycles. The lowest BCUT2D eigenvalue weighted by Gasteiger charge is -2.22. The normalized spacial score (nSPS) is 19.8. The van der Waals surface area contributed by atoms with Gasteiger partial charge in [0.25, 0.3) is 0 Å². The number of fused-ring (bicyclic) bond motifs is 1. The number of aromatic nitrogens is 1. The molecule has 2 nitrogen and oxygen atoms in total. The summed E-state index contributed by atoms with van der Waals surface area (Å²) in [6.45, 7) is 3.33. The molecule has 1 heterocycles. The Labute approximate surface area is 106 Å². The lowest BCUT2D eigenvalue weighted by Crippen LogP contribution is -2.25. The molecule has 4 heteroatoms. The van der Waals surface area contributed by atoms with Gasteiger partial charge in [0.05, 0.1) is 11.7 Å². The van der Waals surface area contributed by atoms with Crippen LogP contribution in [-0.4, -0.2) is 17.8 Å². The third-order valence-corrected chi connectivity index (χ3v) is 4.78. The van der Waals surface area contributed by atoms with E-state index in [1.807, 2.05) is 23.1 Å². The lowest BCUT2D eigenvalue weighted by molar-refractivity contribution is 0.454. The third kappa shape index (κ3) is 2.79. The Hall–Kier alpha value is -0.0600. The monoisotopic (exact) mass is 256 g/mol. The van der Waals surface area contributed by atoms with Crippen LogP contribution in [0.2, 0.25) is 0 Å². The van der Waals surface area contributed by atoms with E-state index in [1.165, 1.54) is 41.3 Å². The minimum Gasteiger partial charge on any atom is -0.309 e. The summed E-state index contributed by atoms with van der Waals surface area (Å²) in [5, 5.41) is 4.93. The fourth-order valence-electron chi connectivity index (χ4n) is 2.17. The zero-order valence-electron chi connectivity index (χ0n) is 10.1. The number of aryl methyl sites for hydroxylation is 1. The van der Waals surface area contributed by atoms with Crippen LogP contribution in [-0.2, 0) is 12.2 Å². The molecule has 0 saturated heterocycles. The first-order chi connectivity index (χ1) is 7.85. The number of thioether (sulfide) groups is 1. The van der Waals surface area contributed by atoms with Crippen LogP contribution in [0.25, 0.3) is 0 Å². The van der Waals surface area contributed by atoms with Gasteiger partial charge < -0.3 is 5.32 Å². The summed E-state index contributed by atoms with van der Waals surface area (Å²) in [6, 6.07) is 0.524. The number of nitrogens with zero attached hydrogens (tertiary/aromatic N) is 1. The summed E-state index contributed by atoms with van der Waals surface area (Å²) in [5.41, 5.74) is 1.36. The van der Waals surface area contributed by atoms with Gasteiger partial charge in [-0.1, -0.05) is 6.92 Å². The third-order valence-electron chi connectivity index (χ3n) is 2.91. The van der Waals surface area contributed by atoms with E-state index in [-0.39, 0.29) is 0 Å². The van der Waals surface area contributed by atoms with Gasteiger partial charge in [-0.15, -0.1) is 11.3 Å². The van der Waals surface area contributed by atoms with Gasteiger partial charge in [-0.25, -0.2) is 4.98 Å². The van der Waals surface area contributed by atoms with Crippen LogP contribution in [0.1, 0.15) is 47.8 Å². The fourth-order valence-corrected chi connectivity index (χ4v) is 4.04. The molecule has 1 aromatic rings. The van der Waals surface area contributed by atoms with Crippen LogP contribution in [0.4, 0.5) is 0 Å². The summed E-state index contributed by atoms with van der Waals surface area (Å²) in [6.07, 6.45) is 7.16. The van der Waals surface area contributed by atoms with Crippen molar-refractivity contribution in [2.24, 2.45) is 0 Å². The highest BCUT2D eigenvalue weighted by atomic mass is 32.2. The Morgan fingerprint density at radius 3 is 3.19 bits per heavy atom. The maximum absolute atomic E-state index is 4.81. The number of nitrogens with one attached hydrogen (secondary N) is 1. The molecule has 1 aromatic heterocycles. The predicted molar refractivity (Wildman–Crippen MR) is 73.3 cm³/mol. The summed E-state index contributed by atoms with van der Waals surface area (Å²) < 4.78 is 0. The SMILES string of the molecule is CCCNC1CCCc2sc(CSC)nc21. The van der Waals surface area contributed by atoms with E-state index in [0.29, 0.717) is 6.04 Å². The van der Waals surface area contributed by atoms with E-state index in [2.05, 4.69) is 18.5 Å². The van der Waals surface area contributed by atoms with Crippen molar-refractivity contribution in [1.29, 1.82) is 0 Å². The van der Waals surface area contributed by atoms with Gasteiger partial charge in [0.2, 0.25) is 0 Å². The molecule has 0 spiro atoms. The van der Waals surface area contributed by atoms with Crippen molar-refractivity contribution in [1.82, 2.24) is 10.3 Å². The van der Waals surface area contributed by atoms with E-state index >= 15 is 0 Å². The van der Waals surface area contributed by atoms with Crippen LogP contribution in [0.3, 0.4) is 0 Å². The fraction of sp³-hybridized carbons (Fsp3) is 0.750. The van der Waals surface area contributed by atoms with Crippen LogP contribution in [0, 0.1) is 0 Å². The van der Waals surface area contributed by atoms with Gasteiger partial charge in [-0.2, -0.15) is 11.8 Å². The van der Waals surface area contributed by atoms with Crippen LogP contribution >= 0.6 is 23.1 Å². The lowest BCUT2D eigenvalue weighted by atomic mass is 9.97. The van der Waals surface area contributed by atoms with Gasteiger partial charge >= 0.3 is 0 Å². The largest absolute Gasteiger partial charge is 0.309 e. The molecule has 0 fully saturated rings. The quantitative estimate of drug-likeness (QED) is 0.874. The van der Waals surface area contributed by atoms with Crippen molar-refractivity contribution in [3.63, 3.8) is 0 Å². The first-order valence-corrected chi connectivity index (χ1v) is 8.27. The Bertz CT molecular complexity index is 336. The number of rotatable bonds is 5. The molecule has 0 amide bonds. The molecule has 1 unspecified atom stereocenters. The van der Waals surface area contributed by atoms with Gasteiger partial charge in [0.1, 0.15) is 5.01 Å². The maximum atomic E-state index is 4.81. The van der Waals surface area contributed by atoms with E-state index < -0.39 is 0 Å². The number of hydrogen-bond acceptors (Lipinski definition) is 4. The first-order valence-electron chi connectivity index (χ1n) is 6.06. The topological polar surface area (TPSA) is 24.9 Å². The Balaban J connectivity index is 2.10. The molecule has 16 heavy (non-hydrogen) atoms. The van der Waals surface area contributed by atoms with Crippen LogP contribution < -0.4 is 5.32 Å². The van der Waals surface area contributed by atoms with Crippen molar-refractivity contribution in [3.8, 4) is 0 Å². The standard InChI is InChI=1S/C12H20N2S2/c1-3-7-13-9-5-4-6-10-12(9)14-11(16-10)8-15-2/h9,13H,3-8H2,1-2H3. The Morgan fingerprint density at radius 1 is 1.56 bits per heavy atom. The molecule has 1 atom stereocenters. The molecule has 2 rings (SSSR count). The van der Waals surface area contributed by atoms with Gasteiger partial charge in [-0.3, -0.25) is 0 Å². The Kier molecular flexibility index (Phi) is 4.67. The van der Waals surface area contributed by atoms with Crippen molar-refractivity contribution < 1.29 is 0 Å². The van der Waals surface area contributed by atoms with Gasteiger partial charge in [0, 0.05) is 10.6 Å². The van der Waals surface area contributed by atoms with E-state index in [1.54, 1.807) is 0 Å². The summed E-state index contributed by atoms with van der Waals surface area (Å²) in [5.74, 6) is 1.07. The zero-order chi connectivity index (χ0) is 11.4. The number of hydrogen-bond donors (Lipinski definition) is 1. The van der Waals surface area contributed by atoms with Crippen molar-refractivity contribution in [3.05, 3.63) is 15.6 Å². The highest BCUT2D eigenvalue weighted by molar-refractivity contribution is 7.97. The minimum atomic E-state index is 0.524. The van der Waals surface area contributed by atoms with Crippen molar-refractivity contribution >= 4 is 23.1 Å². The highest BCUT2D eigenvalue weighted by Crippen LogP contribution is 2.34. The second-order valence-electron chi connectivity index (χ2n) is 4.25. The summed E-state index contributed by atoms with van der Waals surface area (Å²) >= 11 is 3.79. The highest BCUT2D eigenvalue weighted by Gasteiger charge is 2.23. The molecule has 1 N–H and O–H groups in total. The molecule has 0 radical (unpaired) electrons. The first kappa shape index (κ1) is 12.4. The van der Waals surface area contributed by atoms with Gasteiger partial charge in [0.15, 0.2) is 0 Å². The Morgan fingerprint density at radius 2 is 2.44 bits per heavy atom. The summed E-state index contributed by atoms with van der Waals surface area (Å²) in [4.78, 5) is 6.34. The van der Waals surface area contributed by atoms with E-state index in [4.69, 9.17) is 4.98 Å². The molecular formula is C12H20N2S2. The minimum absolute atomic E-state index is 0.524. The van der Waals surface area contributed by atoms with Crippen LogP contribution in [0.5, 0.6) is 0 Å². The maximum Gasteiger partial charge on any atom is 0.103 e. The molecule has 0 aromatic carbocycles. The second kappa shape index (κ2) is 6.03. The van der Waals surface area contributed by atoms with Gasteiger partial charge in [-0.05, 0) is 38.5 Å². The zero-order valence-corrected chi connectivity index (χ0v) is 11.7. The van der Waals surface area contributed by atoms with E-state index in [0.717, 1.165) is 12.3 Å². The number of thiazole rings is 1. The second-order valence-corrected chi connectivity index (χ2v) is 6.28. The van der Waals surface area contributed by atoms with Crippen molar-refractivity contribution in [2.45, 2.75) is 44.4 Å². The smallest absolute Gasteiger partial charge is 0.103 e. The molecule has 1 aliphatic carbocycles. The summed E-state index contributed by atoms with van der Waals surface area (Å²) in [7, 11) is 0. The molecule has 90 valence electrons. The van der Waals surface area contributed by atoms with E-state index in [9.17, 15) is 0 Å².